The monoisotopic (exact) mass is 498 g/mol. The van der Waals surface area contributed by atoms with Crippen LogP contribution in [0.3, 0.4) is 0 Å². The first-order valence-corrected chi connectivity index (χ1v) is 10.9. The van der Waals surface area contributed by atoms with E-state index < -0.39 is 15.9 Å². The lowest BCUT2D eigenvalue weighted by atomic mass is 10.2. The summed E-state index contributed by atoms with van der Waals surface area (Å²) in [7, 11) is -3.75. The predicted molar refractivity (Wildman–Crippen MR) is 116 cm³/mol. The van der Waals surface area contributed by atoms with Crippen LogP contribution >= 0.6 is 39.1 Å². The van der Waals surface area contributed by atoms with E-state index in [1.165, 1.54) is 36.4 Å². The molecule has 0 spiro atoms. The van der Waals surface area contributed by atoms with Crippen LogP contribution < -0.4 is 10.0 Å². The van der Waals surface area contributed by atoms with Crippen molar-refractivity contribution in [1.82, 2.24) is 0 Å². The van der Waals surface area contributed by atoms with E-state index in [2.05, 4.69) is 26.0 Å². The fourth-order valence-electron chi connectivity index (χ4n) is 2.32. The standard InChI is InChI=1S/C19H13BrCl2N2O3S/c20-12-1-4-15(5-2-12)24-28(26,27)16-8-6-14(7-9-16)23-19(25)17-10-3-13(21)11-18(17)22/h1-11,24H,(H,23,25). The van der Waals surface area contributed by atoms with Crippen LogP contribution in [0, 0.1) is 0 Å². The molecule has 0 aliphatic heterocycles. The fourth-order valence-corrected chi connectivity index (χ4v) is 4.14. The second-order valence-electron chi connectivity index (χ2n) is 5.72. The van der Waals surface area contributed by atoms with Gasteiger partial charge in [0.2, 0.25) is 0 Å². The van der Waals surface area contributed by atoms with Crippen molar-refractivity contribution in [2.24, 2.45) is 0 Å². The minimum atomic E-state index is -3.75. The third-order valence-electron chi connectivity index (χ3n) is 3.69. The van der Waals surface area contributed by atoms with Crippen LogP contribution in [0.15, 0.2) is 76.1 Å². The van der Waals surface area contributed by atoms with E-state index in [-0.39, 0.29) is 15.5 Å². The zero-order valence-corrected chi connectivity index (χ0v) is 18.0. The molecule has 0 aliphatic carbocycles. The van der Waals surface area contributed by atoms with Gasteiger partial charge in [0.25, 0.3) is 15.9 Å². The Morgan fingerprint density at radius 1 is 0.857 bits per heavy atom. The molecule has 28 heavy (non-hydrogen) atoms. The van der Waals surface area contributed by atoms with Crippen LogP contribution in [0.2, 0.25) is 10.0 Å². The zero-order chi connectivity index (χ0) is 20.3. The number of hydrogen-bond acceptors (Lipinski definition) is 3. The third kappa shape index (κ3) is 5.05. The molecular weight excluding hydrogens is 487 g/mol. The van der Waals surface area contributed by atoms with Crippen molar-refractivity contribution in [2.75, 3.05) is 10.0 Å². The number of nitrogens with one attached hydrogen (secondary N) is 2. The van der Waals surface area contributed by atoms with Gasteiger partial charge in [-0.15, -0.1) is 0 Å². The number of halogens is 3. The Kier molecular flexibility index (Phi) is 6.30. The van der Waals surface area contributed by atoms with Gasteiger partial charge in [-0.2, -0.15) is 0 Å². The van der Waals surface area contributed by atoms with Crippen molar-refractivity contribution in [3.8, 4) is 0 Å². The van der Waals surface area contributed by atoms with Crippen molar-refractivity contribution < 1.29 is 13.2 Å². The molecule has 3 aromatic carbocycles. The SMILES string of the molecule is O=C(Nc1ccc(S(=O)(=O)Nc2ccc(Br)cc2)cc1)c1ccc(Cl)cc1Cl. The Labute approximate surface area is 180 Å². The summed E-state index contributed by atoms with van der Waals surface area (Å²) in [6, 6.07) is 17.1. The van der Waals surface area contributed by atoms with Gasteiger partial charge < -0.3 is 5.32 Å². The minimum absolute atomic E-state index is 0.0675. The highest BCUT2D eigenvalue weighted by atomic mass is 79.9. The van der Waals surface area contributed by atoms with E-state index in [9.17, 15) is 13.2 Å². The van der Waals surface area contributed by atoms with Gasteiger partial charge in [0.05, 0.1) is 15.5 Å². The van der Waals surface area contributed by atoms with E-state index in [0.29, 0.717) is 16.4 Å². The Hall–Kier alpha value is -2.06. The van der Waals surface area contributed by atoms with E-state index >= 15 is 0 Å². The van der Waals surface area contributed by atoms with Gasteiger partial charge in [-0.1, -0.05) is 39.1 Å². The maximum absolute atomic E-state index is 12.5. The summed E-state index contributed by atoms with van der Waals surface area (Å²) < 4.78 is 28.3. The molecule has 2 N–H and O–H groups in total. The zero-order valence-electron chi connectivity index (χ0n) is 14.1. The van der Waals surface area contributed by atoms with Gasteiger partial charge in [-0.3, -0.25) is 9.52 Å². The molecule has 0 saturated heterocycles. The number of rotatable bonds is 5. The Morgan fingerprint density at radius 3 is 2.07 bits per heavy atom. The van der Waals surface area contributed by atoms with Crippen LogP contribution in [-0.2, 0) is 10.0 Å². The first-order valence-electron chi connectivity index (χ1n) is 7.89. The molecular formula is C19H13BrCl2N2O3S. The normalized spacial score (nSPS) is 11.1. The summed E-state index contributed by atoms with van der Waals surface area (Å²) in [5, 5.41) is 3.32. The smallest absolute Gasteiger partial charge is 0.261 e. The van der Waals surface area contributed by atoms with Crippen LogP contribution in [0.4, 0.5) is 11.4 Å². The number of carbonyl (C=O) groups is 1. The molecule has 0 saturated carbocycles. The lowest BCUT2D eigenvalue weighted by molar-refractivity contribution is 0.102. The summed E-state index contributed by atoms with van der Waals surface area (Å²) in [6.45, 7) is 0. The molecule has 3 rings (SSSR count). The predicted octanol–water partition coefficient (Wildman–Crippen LogP) is 5.81. The van der Waals surface area contributed by atoms with Crippen molar-refractivity contribution >= 4 is 66.4 Å². The Morgan fingerprint density at radius 2 is 1.46 bits per heavy atom. The number of sulfonamides is 1. The number of carbonyl (C=O) groups excluding carboxylic acids is 1. The van der Waals surface area contributed by atoms with E-state index in [1.807, 2.05) is 0 Å². The Bertz CT molecular complexity index is 1120. The number of hydrogen-bond donors (Lipinski definition) is 2. The number of anilines is 2. The molecule has 0 unspecified atom stereocenters. The lowest BCUT2D eigenvalue weighted by Crippen LogP contribution is -2.14. The molecule has 3 aromatic rings. The molecule has 144 valence electrons. The highest BCUT2D eigenvalue weighted by Crippen LogP contribution is 2.23. The summed E-state index contributed by atoms with van der Waals surface area (Å²) in [6.07, 6.45) is 0. The third-order valence-corrected chi connectivity index (χ3v) is 6.17. The molecule has 0 radical (unpaired) electrons. The first kappa shape index (κ1) is 20.7. The fraction of sp³-hybridized carbons (Fsp3) is 0. The van der Waals surface area contributed by atoms with Gasteiger partial charge in [-0.25, -0.2) is 8.42 Å². The minimum Gasteiger partial charge on any atom is -0.322 e. The van der Waals surface area contributed by atoms with Gasteiger partial charge in [-0.05, 0) is 66.7 Å². The maximum Gasteiger partial charge on any atom is 0.261 e. The summed E-state index contributed by atoms with van der Waals surface area (Å²) in [5.74, 6) is -0.426. The average Bonchev–Trinajstić information content (AvgIpc) is 2.64. The maximum atomic E-state index is 12.5. The second-order valence-corrected chi connectivity index (χ2v) is 9.16. The average molecular weight is 500 g/mol. The van der Waals surface area contributed by atoms with E-state index in [1.54, 1.807) is 30.3 Å². The molecule has 0 bridgehead atoms. The van der Waals surface area contributed by atoms with Gasteiger partial charge in [0.1, 0.15) is 0 Å². The van der Waals surface area contributed by atoms with Gasteiger partial charge in [0, 0.05) is 20.9 Å². The molecule has 0 aliphatic rings. The molecule has 0 aromatic heterocycles. The van der Waals surface area contributed by atoms with Crippen molar-refractivity contribution in [3.05, 3.63) is 86.8 Å². The highest BCUT2D eigenvalue weighted by Gasteiger charge is 2.15. The van der Waals surface area contributed by atoms with Crippen molar-refractivity contribution in [3.63, 3.8) is 0 Å². The second kappa shape index (κ2) is 8.53. The number of amides is 1. The van der Waals surface area contributed by atoms with E-state index in [4.69, 9.17) is 23.2 Å². The topological polar surface area (TPSA) is 75.3 Å². The van der Waals surface area contributed by atoms with Crippen LogP contribution in [0.25, 0.3) is 0 Å². The molecule has 0 heterocycles. The first-order chi connectivity index (χ1) is 13.2. The summed E-state index contributed by atoms with van der Waals surface area (Å²) in [4.78, 5) is 12.4. The molecule has 1 amide bonds. The largest absolute Gasteiger partial charge is 0.322 e. The molecule has 9 heteroatoms. The van der Waals surface area contributed by atoms with Gasteiger partial charge >= 0.3 is 0 Å². The molecule has 5 nitrogen and oxygen atoms in total. The summed E-state index contributed by atoms with van der Waals surface area (Å²) in [5.41, 5.74) is 1.14. The van der Waals surface area contributed by atoms with Crippen LogP contribution in [-0.4, -0.2) is 14.3 Å². The number of benzene rings is 3. The van der Waals surface area contributed by atoms with E-state index in [0.717, 1.165) is 4.47 Å². The van der Waals surface area contributed by atoms with Crippen molar-refractivity contribution in [2.45, 2.75) is 4.90 Å². The van der Waals surface area contributed by atoms with Crippen molar-refractivity contribution in [1.29, 1.82) is 0 Å². The highest BCUT2D eigenvalue weighted by molar-refractivity contribution is 9.10. The summed E-state index contributed by atoms with van der Waals surface area (Å²) >= 11 is 15.1. The Balaban J connectivity index is 1.73. The molecule has 0 fully saturated rings. The quantitative estimate of drug-likeness (QED) is 0.465. The van der Waals surface area contributed by atoms with Crippen LogP contribution in [0.1, 0.15) is 10.4 Å². The lowest BCUT2D eigenvalue weighted by Gasteiger charge is -2.10. The van der Waals surface area contributed by atoms with Crippen LogP contribution in [0.5, 0.6) is 0 Å². The van der Waals surface area contributed by atoms with Gasteiger partial charge in [0.15, 0.2) is 0 Å². The molecule has 0 atom stereocenters.